The number of likely N-dealkylation sites (N-methyl/N-ethyl adjacent to an activating group) is 1. The second-order valence-electron chi connectivity index (χ2n) is 3.98. The molecule has 4 nitrogen and oxygen atoms in total. The maximum atomic E-state index is 11.1. The summed E-state index contributed by atoms with van der Waals surface area (Å²) >= 11 is 1.94. The van der Waals surface area contributed by atoms with Gasteiger partial charge in [0.15, 0.2) is 0 Å². The van der Waals surface area contributed by atoms with Crippen LogP contribution in [0.15, 0.2) is 0 Å². The highest BCUT2D eigenvalue weighted by Gasteiger charge is 2.17. The Labute approximate surface area is 102 Å². The standard InChI is InChI=1S/C11H22N2O2S/c1-2-13-10(11(12)14)5-8-16-9-3-6-15-7-4-9/h9-10,13H,2-8H2,1H3,(H2,12,14). The average molecular weight is 246 g/mol. The Morgan fingerprint density at radius 1 is 1.56 bits per heavy atom. The first-order chi connectivity index (χ1) is 7.74. The van der Waals surface area contributed by atoms with E-state index in [0.717, 1.165) is 44.8 Å². The van der Waals surface area contributed by atoms with Gasteiger partial charge in [0.25, 0.3) is 0 Å². The number of hydrogen-bond acceptors (Lipinski definition) is 4. The monoisotopic (exact) mass is 246 g/mol. The van der Waals surface area contributed by atoms with Gasteiger partial charge in [0.1, 0.15) is 0 Å². The third kappa shape index (κ3) is 5.18. The van der Waals surface area contributed by atoms with Gasteiger partial charge >= 0.3 is 0 Å². The van der Waals surface area contributed by atoms with Gasteiger partial charge < -0.3 is 15.8 Å². The van der Waals surface area contributed by atoms with Gasteiger partial charge in [-0.15, -0.1) is 0 Å². The summed E-state index contributed by atoms with van der Waals surface area (Å²) in [4.78, 5) is 11.1. The number of carbonyl (C=O) groups is 1. The minimum atomic E-state index is -0.241. The fourth-order valence-corrected chi connectivity index (χ4v) is 3.02. The molecule has 1 saturated heterocycles. The zero-order valence-electron chi connectivity index (χ0n) is 9.91. The lowest BCUT2D eigenvalue weighted by Crippen LogP contribution is -2.41. The molecule has 3 N–H and O–H groups in total. The summed E-state index contributed by atoms with van der Waals surface area (Å²) in [5.41, 5.74) is 5.31. The highest BCUT2D eigenvalue weighted by atomic mass is 32.2. The Balaban J connectivity index is 2.13. The summed E-state index contributed by atoms with van der Waals surface area (Å²) in [5.74, 6) is 0.750. The van der Waals surface area contributed by atoms with Crippen molar-refractivity contribution in [2.24, 2.45) is 5.73 Å². The fourth-order valence-electron chi connectivity index (χ4n) is 1.79. The third-order valence-electron chi connectivity index (χ3n) is 2.72. The van der Waals surface area contributed by atoms with Crippen molar-refractivity contribution in [3.05, 3.63) is 0 Å². The molecule has 1 atom stereocenters. The van der Waals surface area contributed by atoms with Crippen molar-refractivity contribution in [1.82, 2.24) is 5.32 Å². The van der Waals surface area contributed by atoms with Gasteiger partial charge in [-0.2, -0.15) is 11.8 Å². The normalized spacial score (nSPS) is 19.6. The summed E-state index contributed by atoms with van der Waals surface area (Å²) in [7, 11) is 0. The summed E-state index contributed by atoms with van der Waals surface area (Å²) in [6, 6.07) is -0.169. The molecular weight excluding hydrogens is 224 g/mol. The first-order valence-electron chi connectivity index (χ1n) is 5.96. The van der Waals surface area contributed by atoms with E-state index in [1.807, 2.05) is 18.7 Å². The molecule has 0 aromatic heterocycles. The Morgan fingerprint density at radius 3 is 2.81 bits per heavy atom. The number of primary amides is 1. The molecule has 16 heavy (non-hydrogen) atoms. The van der Waals surface area contributed by atoms with E-state index in [-0.39, 0.29) is 11.9 Å². The lowest BCUT2D eigenvalue weighted by Gasteiger charge is -2.22. The first-order valence-corrected chi connectivity index (χ1v) is 7.01. The second-order valence-corrected chi connectivity index (χ2v) is 5.39. The van der Waals surface area contributed by atoms with Crippen molar-refractivity contribution in [3.63, 3.8) is 0 Å². The lowest BCUT2D eigenvalue weighted by atomic mass is 10.2. The molecule has 1 aliphatic heterocycles. The SMILES string of the molecule is CCNC(CCSC1CCOCC1)C(N)=O. The van der Waals surface area contributed by atoms with E-state index in [4.69, 9.17) is 10.5 Å². The third-order valence-corrected chi connectivity index (χ3v) is 4.14. The predicted octanol–water partition coefficient (Wildman–Crippen LogP) is 0.752. The Kier molecular flexibility index (Phi) is 6.84. The van der Waals surface area contributed by atoms with Crippen molar-refractivity contribution < 1.29 is 9.53 Å². The molecule has 1 amide bonds. The van der Waals surface area contributed by atoms with Gasteiger partial charge in [0.2, 0.25) is 5.91 Å². The Hall–Kier alpha value is -0.260. The van der Waals surface area contributed by atoms with Crippen LogP contribution in [0.25, 0.3) is 0 Å². The number of amides is 1. The van der Waals surface area contributed by atoms with Crippen molar-refractivity contribution in [2.45, 2.75) is 37.5 Å². The van der Waals surface area contributed by atoms with Gasteiger partial charge in [-0.1, -0.05) is 6.92 Å². The van der Waals surface area contributed by atoms with E-state index in [2.05, 4.69) is 5.32 Å². The van der Waals surface area contributed by atoms with Crippen LogP contribution in [0, 0.1) is 0 Å². The zero-order valence-corrected chi connectivity index (χ0v) is 10.7. The van der Waals surface area contributed by atoms with Crippen LogP contribution < -0.4 is 11.1 Å². The molecule has 0 radical (unpaired) electrons. The lowest BCUT2D eigenvalue weighted by molar-refractivity contribution is -0.120. The van der Waals surface area contributed by atoms with Crippen LogP contribution in [0.1, 0.15) is 26.2 Å². The highest BCUT2D eigenvalue weighted by molar-refractivity contribution is 7.99. The minimum Gasteiger partial charge on any atom is -0.381 e. The van der Waals surface area contributed by atoms with E-state index in [1.54, 1.807) is 0 Å². The summed E-state index contributed by atoms with van der Waals surface area (Å²) < 4.78 is 5.30. The number of thioether (sulfide) groups is 1. The molecule has 0 aromatic carbocycles. The molecule has 1 fully saturated rings. The van der Waals surface area contributed by atoms with Gasteiger partial charge in [-0.3, -0.25) is 4.79 Å². The Morgan fingerprint density at radius 2 is 2.25 bits per heavy atom. The second kappa shape index (κ2) is 7.92. The molecule has 0 aliphatic carbocycles. The van der Waals surface area contributed by atoms with Crippen LogP contribution in [0.2, 0.25) is 0 Å². The van der Waals surface area contributed by atoms with E-state index >= 15 is 0 Å². The zero-order chi connectivity index (χ0) is 11.8. The summed E-state index contributed by atoms with van der Waals surface area (Å²) in [6.07, 6.45) is 3.09. The minimum absolute atomic E-state index is 0.169. The number of rotatable bonds is 7. The highest BCUT2D eigenvalue weighted by Crippen LogP contribution is 2.22. The van der Waals surface area contributed by atoms with Crippen molar-refractivity contribution in [2.75, 3.05) is 25.5 Å². The number of nitrogens with two attached hydrogens (primary N) is 1. The van der Waals surface area contributed by atoms with Crippen molar-refractivity contribution in [1.29, 1.82) is 0 Å². The van der Waals surface area contributed by atoms with Crippen LogP contribution in [0.5, 0.6) is 0 Å². The van der Waals surface area contributed by atoms with Gasteiger partial charge in [0.05, 0.1) is 6.04 Å². The maximum absolute atomic E-state index is 11.1. The van der Waals surface area contributed by atoms with Crippen LogP contribution in [0.3, 0.4) is 0 Å². The van der Waals surface area contributed by atoms with Crippen molar-refractivity contribution in [3.8, 4) is 0 Å². The average Bonchev–Trinajstić information content (AvgIpc) is 2.29. The molecule has 1 unspecified atom stereocenters. The number of ether oxygens (including phenoxy) is 1. The molecule has 94 valence electrons. The largest absolute Gasteiger partial charge is 0.381 e. The summed E-state index contributed by atoms with van der Waals surface area (Å²) in [6.45, 7) is 4.53. The smallest absolute Gasteiger partial charge is 0.234 e. The topological polar surface area (TPSA) is 64.3 Å². The van der Waals surface area contributed by atoms with Crippen molar-refractivity contribution >= 4 is 17.7 Å². The molecule has 0 saturated carbocycles. The molecule has 1 aliphatic rings. The molecular formula is C11H22N2O2S. The molecule has 0 spiro atoms. The van der Waals surface area contributed by atoms with E-state index < -0.39 is 0 Å². The molecule has 1 rings (SSSR count). The fraction of sp³-hybridized carbons (Fsp3) is 0.909. The Bertz CT molecular complexity index is 208. The number of nitrogens with one attached hydrogen (secondary N) is 1. The van der Waals surface area contributed by atoms with E-state index in [9.17, 15) is 4.79 Å². The first kappa shape index (κ1) is 13.8. The molecule has 1 heterocycles. The van der Waals surface area contributed by atoms with Gasteiger partial charge in [-0.05, 0) is 31.6 Å². The van der Waals surface area contributed by atoms with Gasteiger partial charge in [0, 0.05) is 18.5 Å². The van der Waals surface area contributed by atoms with Crippen LogP contribution >= 0.6 is 11.8 Å². The summed E-state index contributed by atoms with van der Waals surface area (Å²) in [5, 5.41) is 3.81. The van der Waals surface area contributed by atoms with Gasteiger partial charge in [-0.25, -0.2) is 0 Å². The quantitative estimate of drug-likeness (QED) is 0.696. The van der Waals surface area contributed by atoms with Crippen LogP contribution in [-0.2, 0) is 9.53 Å². The van der Waals surface area contributed by atoms with Crippen LogP contribution in [-0.4, -0.2) is 42.7 Å². The molecule has 5 heteroatoms. The van der Waals surface area contributed by atoms with E-state index in [1.165, 1.54) is 0 Å². The maximum Gasteiger partial charge on any atom is 0.234 e. The predicted molar refractivity (Wildman–Crippen MR) is 67.6 cm³/mol. The molecule has 0 aromatic rings. The number of hydrogen-bond donors (Lipinski definition) is 2. The van der Waals surface area contributed by atoms with Crippen LogP contribution in [0.4, 0.5) is 0 Å². The number of carbonyl (C=O) groups excluding carboxylic acids is 1. The van der Waals surface area contributed by atoms with E-state index in [0.29, 0.717) is 5.25 Å². The molecule has 0 bridgehead atoms.